The molecule has 1 heterocycles. The van der Waals surface area contributed by atoms with E-state index in [0.717, 1.165) is 25.1 Å². The summed E-state index contributed by atoms with van der Waals surface area (Å²) in [4.78, 5) is 2.38. The number of rotatable bonds is 6. The molecule has 0 aromatic heterocycles. The molecule has 0 radical (unpaired) electrons. The molecule has 20 heavy (non-hydrogen) atoms. The number of nitrogens with zero attached hydrogens (tertiary/aromatic N) is 1. The minimum atomic E-state index is -0.467. The minimum absolute atomic E-state index is 0.333. The van der Waals surface area contributed by atoms with Crippen LogP contribution in [0.4, 0.5) is 0 Å². The number of ether oxygens (including phenoxy) is 1. The van der Waals surface area contributed by atoms with E-state index in [0.29, 0.717) is 25.2 Å². The number of para-hydroxylation sites is 1. The molecule has 1 saturated heterocycles. The van der Waals surface area contributed by atoms with Crippen molar-refractivity contribution >= 4 is 0 Å². The standard InChI is InChI=1S/C16H26N2O2/c1-13-10-14(8-9-18(13)2)17-11-15(19)12-20-16-6-4-3-5-7-16/h3-7,13-15,17,19H,8-12H2,1-2H3. The number of nitrogens with one attached hydrogen (secondary N) is 1. The Morgan fingerprint density at radius 3 is 2.85 bits per heavy atom. The molecular formula is C16H26N2O2. The van der Waals surface area contributed by atoms with Crippen molar-refractivity contribution in [1.29, 1.82) is 0 Å². The van der Waals surface area contributed by atoms with Crippen LogP contribution in [0.3, 0.4) is 0 Å². The summed E-state index contributed by atoms with van der Waals surface area (Å²) in [6, 6.07) is 10.7. The van der Waals surface area contributed by atoms with Crippen LogP contribution in [0.15, 0.2) is 30.3 Å². The fraction of sp³-hybridized carbons (Fsp3) is 0.625. The summed E-state index contributed by atoms with van der Waals surface area (Å²) in [6.07, 6.45) is 1.82. The third kappa shape index (κ3) is 4.78. The number of aliphatic hydroxyl groups is 1. The zero-order valence-electron chi connectivity index (χ0n) is 12.5. The van der Waals surface area contributed by atoms with E-state index in [-0.39, 0.29) is 0 Å². The van der Waals surface area contributed by atoms with Gasteiger partial charge in [-0.3, -0.25) is 0 Å². The van der Waals surface area contributed by atoms with Gasteiger partial charge < -0.3 is 20.1 Å². The summed E-state index contributed by atoms with van der Waals surface area (Å²) < 4.78 is 5.55. The Labute approximate surface area is 121 Å². The fourth-order valence-electron chi connectivity index (χ4n) is 2.55. The zero-order chi connectivity index (χ0) is 14.4. The molecule has 1 aliphatic heterocycles. The van der Waals surface area contributed by atoms with Gasteiger partial charge in [0.2, 0.25) is 0 Å². The lowest BCUT2D eigenvalue weighted by Crippen LogP contribution is -2.47. The fourth-order valence-corrected chi connectivity index (χ4v) is 2.55. The average Bonchev–Trinajstić information content (AvgIpc) is 2.47. The summed E-state index contributed by atoms with van der Waals surface area (Å²) in [7, 11) is 2.17. The summed E-state index contributed by atoms with van der Waals surface area (Å²) in [6.45, 7) is 4.30. The smallest absolute Gasteiger partial charge is 0.119 e. The largest absolute Gasteiger partial charge is 0.491 e. The van der Waals surface area contributed by atoms with Crippen LogP contribution in [-0.2, 0) is 0 Å². The van der Waals surface area contributed by atoms with Crippen LogP contribution in [0, 0.1) is 0 Å². The number of benzene rings is 1. The van der Waals surface area contributed by atoms with Gasteiger partial charge in [0, 0.05) is 18.6 Å². The molecule has 2 rings (SSSR count). The second-order valence-electron chi connectivity index (χ2n) is 5.74. The monoisotopic (exact) mass is 278 g/mol. The minimum Gasteiger partial charge on any atom is -0.491 e. The topological polar surface area (TPSA) is 44.7 Å². The highest BCUT2D eigenvalue weighted by molar-refractivity contribution is 5.20. The molecule has 112 valence electrons. The first kappa shape index (κ1) is 15.3. The Kier molecular flexibility index (Phi) is 5.83. The van der Waals surface area contributed by atoms with Gasteiger partial charge >= 0.3 is 0 Å². The van der Waals surface area contributed by atoms with Gasteiger partial charge in [-0.15, -0.1) is 0 Å². The molecule has 1 fully saturated rings. The number of hydrogen-bond donors (Lipinski definition) is 2. The highest BCUT2D eigenvalue weighted by atomic mass is 16.5. The molecule has 3 unspecified atom stereocenters. The Balaban J connectivity index is 1.64. The second-order valence-corrected chi connectivity index (χ2v) is 5.74. The first-order valence-corrected chi connectivity index (χ1v) is 7.44. The molecule has 1 aromatic rings. The van der Waals surface area contributed by atoms with Gasteiger partial charge in [0.15, 0.2) is 0 Å². The maximum atomic E-state index is 9.96. The van der Waals surface area contributed by atoms with E-state index in [1.165, 1.54) is 0 Å². The molecule has 1 aliphatic rings. The molecule has 4 nitrogen and oxygen atoms in total. The van der Waals surface area contributed by atoms with Gasteiger partial charge in [-0.25, -0.2) is 0 Å². The van der Waals surface area contributed by atoms with Crippen molar-refractivity contribution in [3.63, 3.8) is 0 Å². The van der Waals surface area contributed by atoms with E-state index in [2.05, 4.69) is 24.2 Å². The third-order valence-electron chi connectivity index (χ3n) is 4.04. The number of piperidine rings is 1. The van der Waals surface area contributed by atoms with Gasteiger partial charge in [-0.2, -0.15) is 0 Å². The first-order chi connectivity index (χ1) is 9.65. The van der Waals surface area contributed by atoms with Crippen LogP contribution in [-0.4, -0.2) is 54.9 Å². The molecule has 0 amide bonds. The highest BCUT2D eigenvalue weighted by Gasteiger charge is 2.22. The number of likely N-dealkylation sites (tertiary alicyclic amines) is 1. The third-order valence-corrected chi connectivity index (χ3v) is 4.04. The molecule has 0 saturated carbocycles. The average molecular weight is 278 g/mol. The van der Waals surface area contributed by atoms with Crippen molar-refractivity contribution in [3.8, 4) is 5.75 Å². The van der Waals surface area contributed by atoms with Crippen molar-refractivity contribution in [3.05, 3.63) is 30.3 Å². The maximum absolute atomic E-state index is 9.96. The summed E-state index contributed by atoms with van der Waals surface area (Å²) in [5.41, 5.74) is 0. The van der Waals surface area contributed by atoms with E-state index in [1.807, 2.05) is 30.3 Å². The van der Waals surface area contributed by atoms with Gasteiger partial charge in [0.1, 0.15) is 18.5 Å². The first-order valence-electron chi connectivity index (χ1n) is 7.44. The molecule has 0 bridgehead atoms. The quantitative estimate of drug-likeness (QED) is 0.828. The SMILES string of the molecule is CC1CC(NCC(O)COc2ccccc2)CCN1C. The molecular weight excluding hydrogens is 252 g/mol. The molecule has 2 N–H and O–H groups in total. The van der Waals surface area contributed by atoms with Crippen LogP contribution in [0.2, 0.25) is 0 Å². The van der Waals surface area contributed by atoms with Crippen molar-refractivity contribution in [2.45, 2.75) is 38.0 Å². The maximum Gasteiger partial charge on any atom is 0.119 e. The Hall–Kier alpha value is -1.10. The number of aliphatic hydroxyl groups excluding tert-OH is 1. The zero-order valence-corrected chi connectivity index (χ0v) is 12.5. The highest BCUT2D eigenvalue weighted by Crippen LogP contribution is 2.15. The van der Waals surface area contributed by atoms with E-state index >= 15 is 0 Å². The molecule has 4 heteroatoms. The van der Waals surface area contributed by atoms with Crippen molar-refractivity contribution in [1.82, 2.24) is 10.2 Å². The normalized spacial score (nSPS) is 25.4. The molecule has 0 spiro atoms. The Morgan fingerprint density at radius 1 is 1.40 bits per heavy atom. The summed E-state index contributed by atoms with van der Waals surface area (Å²) >= 11 is 0. The predicted molar refractivity (Wildman–Crippen MR) is 81.1 cm³/mol. The van der Waals surface area contributed by atoms with Crippen LogP contribution in [0.25, 0.3) is 0 Å². The molecule has 0 aliphatic carbocycles. The van der Waals surface area contributed by atoms with Crippen LogP contribution < -0.4 is 10.1 Å². The summed E-state index contributed by atoms with van der Waals surface area (Å²) in [5.74, 6) is 0.805. The Morgan fingerprint density at radius 2 is 2.15 bits per heavy atom. The van der Waals surface area contributed by atoms with Gasteiger partial charge in [0.25, 0.3) is 0 Å². The van der Waals surface area contributed by atoms with Crippen LogP contribution in [0.5, 0.6) is 5.75 Å². The van der Waals surface area contributed by atoms with E-state index < -0.39 is 6.10 Å². The predicted octanol–water partition coefficient (Wildman–Crippen LogP) is 1.50. The van der Waals surface area contributed by atoms with Gasteiger partial charge in [-0.05, 0) is 45.5 Å². The van der Waals surface area contributed by atoms with Crippen molar-refractivity contribution in [2.75, 3.05) is 26.7 Å². The van der Waals surface area contributed by atoms with Gasteiger partial charge in [-0.1, -0.05) is 18.2 Å². The lowest BCUT2D eigenvalue weighted by Gasteiger charge is -2.35. The molecule has 1 aromatic carbocycles. The summed E-state index contributed by atoms with van der Waals surface area (Å²) in [5, 5.41) is 13.4. The van der Waals surface area contributed by atoms with Crippen molar-refractivity contribution < 1.29 is 9.84 Å². The van der Waals surface area contributed by atoms with E-state index in [1.54, 1.807) is 0 Å². The van der Waals surface area contributed by atoms with Crippen molar-refractivity contribution in [2.24, 2.45) is 0 Å². The van der Waals surface area contributed by atoms with Gasteiger partial charge in [0.05, 0.1) is 0 Å². The Bertz CT molecular complexity index is 385. The molecule has 3 atom stereocenters. The van der Waals surface area contributed by atoms with Crippen LogP contribution >= 0.6 is 0 Å². The lowest BCUT2D eigenvalue weighted by molar-refractivity contribution is 0.0953. The van der Waals surface area contributed by atoms with E-state index in [9.17, 15) is 5.11 Å². The lowest BCUT2D eigenvalue weighted by atomic mass is 9.99. The number of hydrogen-bond acceptors (Lipinski definition) is 4. The second kappa shape index (κ2) is 7.62. The van der Waals surface area contributed by atoms with E-state index in [4.69, 9.17) is 4.74 Å². The van der Waals surface area contributed by atoms with Crippen LogP contribution in [0.1, 0.15) is 19.8 Å².